The van der Waals surface area contributed by atoms with E-state index in [1.807, 2.05) is 36.1 Å². The number of nitrogens with two attached hydrogens (primary N) is 1. The van der Waals surface area contributed by atoms with Gasteiger partial charge in [-0.25, -0.2) is 0 Å². The monoisotopic (exact) mass is 344 g/mol. The van der Waals surface area contributed by atoms with Gasteiger partial charge in [-0.1, -0.05) is 18.0 Å². The Morgan fingerprint density at radius 3 is 2.68 bits per heavy atom. The Hall–Kier alpha value is -2.41. The third kappa shape index (κ3) is 4.57. The zero-order chi connectivity index (χ0) is 17.6. The predicted octanol–water partition coefficient (Wildman–Crippen LogP) is 2.37. The summed E-state index contributed by atoms with van der Waals surface area (Å²) in [5.41, 5.74) is 6.25. The lowest BCUT2D eigenvalue weighted by atomic mass is 10.2. The summed E-state index contributed by atoms with van der Waals surface area (Å²) in [6.45, 7) is 3.23. The Balaban J connectivity index is 1.69. The summed E-state index contributed by atoms with van der Waals surface area (Å²) >= 11 is 0. The number of hydrogen-bond acceptors (Lipinski definition) is 6. The molecule has 2 N–H and O–H groups in total. The van der Waals surface area contributed by atoms with Gasteiger partial charge in [-0.05, 0) is 44.0 Å². The van der Waals surface area contributed by atoms with Crippen LogP contribution in [0.1, 0.15) is 38.5 Å². The first-order valence-corrected chi connectivity index (χ1v) is 8.74. The van der Waals surface area contributed by atoms with Crippen molar-refractivity contribution in [3.8, 4) is 17.1 Å². The molecule has 0 atom stereocenters. The molecule has 1 aliphatic carbocycles. The molecule has 0 radical (unpaired) electrons. The van der Waals surface area contributed by atoms with Gasteiger partial charge in [-0.15, -0.1) is 0 Å². The molecule has 1 amide bonds. The van der Waals surface area contributed by atoms with Crippen LogP contribution in [-0.2, 0) is 11.3 Å². The van der Waals surface area contributed by atoms with Crippen molar-refractivity contribution < 1.29 is 14.1 Å². The molecule has 1 fully saturated rings. The fourth-order valence-electron chi connectivity index (χ4n) is 3.26. The molecule has 3 rings (SSSR count). The summed E-state index contributed by atoms with van der Waals surface area (Å²) in [4.78, 5) is 17.9. The fraction of sp³-hybridized carbons (Fsp3) is 0.500. The zero-order valence-corrected chi connectivity index (χ0v) is 14.5. The first-order chi connectivity index (χ1) is 12.2. The van der Waals surface area contributed by atoms with E-state index in [4.69, 9.17) is 15.0 Å². The molecule has 1 aliphatic rings. The SMILES string of the molecule is CCOc1ccc(-c2noc(CN(CC(N)=O)C3CCCC3)n2)cc1. The van der Waals surface area contributed by atoms with Gasteiger partial charge in [0, 0.05) is 11.6 Å². The average molecular weight is 344 g/mol. The van der Waals surface area contributed by atoms with Gasteiger partial charge in [0.2, 0.25) is 17.6 Å². The van der Waals surface area contributed by atoms with Crippen molar-refractivity contribution in [1.82, 2.24) is 15.0 Å². The van der Waals surface area contributed by atoms with Crippen molar-refractivity contribution in [2.24, 2.45) is 5.73 Å². The molecular weight excluding hydrogens is 320 g/mol. The highest BCUT2D eigenvalue weighted by atomic mass is 16.5. The number of primary amides is 1. The quantitative estimate of drug-likeness (QED) is 0.790. The van der Waals surface area contributed by atoms with Crippen LogP contribution >= 0.6 is 0 Å². The minimum Gasteiger partial charge on any atom is -0.494 e. The summed E-state index contributed by atoms with van der Waals surface area (Å²) in [5, 5.41) is 4.05. The van der Waals surface area contributed by atoms with E-state index >= 15 is 0 Å². The second-order valence-electron chi connectivity index (χ2n) is 6.28. The van der Waals surface area contributed by atoms with Gasteiger partial charge in [0.25, 0.3) is 0 Å². The Kier molecular flexibility index (Phi) is 5.65. The molecule has 0 aliphatic heterocycles. The number of amides is 1. The van der Waals surface area contributed by atoms with Crippen LogP contribution in [0.2, 0.25) is 0 Å². The van der Waals surface area contributed by atoms with Crippen LogP contribution < -0.4 is 10.5 Å². The molecular formula is C18H24N4O3. The molecule has 1 aromatic carbocycles. The highest BCUT2D eigenvalue weighted by Crippen LogP contribution is 2.25. The normalized spacial score (nSPS) is 15.0. The molecule has 0 saturated heterocycles. The van der Waals surface area contributed by atoms with Crippen LogP contribution in [0.4, 0.5) is 0 Å². The summed E-state index contributed by atoms with van der Waals surface area (Å²) < 4.78 is 10.8. The van der Waals surface area contributed by atoms with E-state index in [9.17, 15) is 4.79 Å². The number of nitrogens with zero attached hydrogens (tertiary/aromatic N) is 3. The molecule has 7 heteroatoms. The summed E-state index contributed by atoms with van der Waals surface area (Å²) in [6.07, 6.45) is 4.52. The van der Waals surface area contributed by atoms with Crippen molar-refractivity contribution in [2.45, 2.75) is 45.2 Å². The fourth-order valence-corrected chi connectivity index (χ4v) is 3.26. The molecule has 25 heavy (non-hydrogen) atoms. The van der Waals surface area contributed by atoms with Crippen LogP contribution in [0.15, 0.2) is 28.8 Å². The molecule has 1 aromatic heterocycles. The van der Waals surface area contributed by atoms with Gasteiger partial charge in [-0.2, -0.15) is 4.98 Å². The number of hydrogen-bond donors (Lipinski definition) is 1. The van der Waals surface area contributed by atoms with E-state index in [0.717, 1.165) is 24.2 Å². The molecule has 0 spiro atoms. The molecule has 2 aromatic rings. The molecule has 134 valence electrons. The Morgan fingerprint density at radius 1 is 1.32 bits per heavy atom. The largest absolute Gasteiger partial charge is 0.494 e. The van der Waals surface area contributed by atoms with Gasteiger partial charge in [0.1, 0.15) is 5.75 Å². The summed E-state index contributed by atoms with van der Waals surface area (Å²) in [7, 11) is 0. The van der Waals surface area contributed by atoms with E-state index in [0.29, 0.717) is 30.9 Å². The van der Waals surface area contributed by atoms with Crippen LogP contribution in [-0.4, -0.2) is 40.1 Å². The van der Waals surface area contributed by atoms with E-state index in [1.165, 1.54) is 12.8 Å². The molecule has 0 unspecified atom stereocenters. The lowest BCUT2D eigenvalue weighted by Crippen LogP contribution is -2.39. The minimum absolute atomic E-state index is 0.214. The van der Waals surface area contributed by atoms with Crippen LogP contribution in [0.3, 0.4) is 0 Å². The second kappa shape index (κ2) is 8.11. The first-order valence-electron chi connectivity index (χ1n) is 8.74. The van der Waals surface area contributed by atoms with E-state index < -0.39 is 0 Å². The van der Waals surface area contributed by atoms with Crippen molar-refractivity contribution in [3.63, 3.8) is 0 Å². The number of rotatable bonds is 8. The number of carbonyl (C=O) groups is 1. The van der Waals surface area contributed by atoms with E-state index in [1.54, 1.807) is 0 Å². The molecule has 0 bridgehead atoms. The first kappa shape index (κ1) is 17.4. The Bertz CT molecular complexity index is 693. The Labute approximate surface area is 147 Å². The van der Waals surface area contributed by atoms with E-state index in [2.05, 4.69) is 10.1 Å². The number of carbonyl (C=O) groups excluding carboxylic acids is 1. The zero-order valence-electron chi connectivity index (χ0n) is 14.5. The third-order valence-corrected chi connectivity index (χ3v) is 4.43. The van der Waals surface area contributed by atoms with Gasteiger partial charge in [0.15, 0.2) is 0 Å². The van der Waals surface area contributed by atoms with Gasteiger partial charge in [-0.3, -0.25) is 9.69 Å². The maximum atomic E-state index is 11.4. The average Bonchev–Trinajstić information content (AvgIpc) is 3.27. The predicted molar refractivity (Wildman–Crippen MR) is 92.8 cm³/mol. The topological polar surface area (TPSA) is 94.5 Å². The summed E-state index contributed by atoms with van der Waals surface area (Å²) in [5.74, 6) is 1.50. The van der Waals surface area contributed by atoms with Gasteiger partial charge >= 0.3 is 0 Å². The smallest absolute Gasteiger partial charge is 0.241 e. The standard InChI is InChI=1S/C18H24N4O3/c1-2-24-15-9-7-13(8-10-15)18-20-17(25-21-18)12-22(11-16(19)23)14-5-3-4-6-14/h7-10,14H,2-6,11-12H2,1H3,(H2,19,23). The Morgan fingerprint density at radius 2 is 2.04 bits per heavy atom. The van der Waals surface area contributed by atoms with Gasteiger partial charge < -0.3 is 15.0 Å². The van der Waals surface area contributed by atoms with E-state index in [-0.39, 0.29) is 12.5 Å². The van der Waals surface area contributed by atoms with Crippen LogP contribution in [0.5, 0.6) is 5.75 Å². The molecule has 7 nitrogen and oxygen atoms in total. The molecule has 1 saturated carbocycles. The number of ether oxygens (including phenoxy) is 1. The van der Waals surface area contributed by atoms with Crippen molar-refractivity contribution in [2.75, 3.05) is 13.2 Å². The van der Waals surface area contributed by atoms with Crippen LogP contribution in [0, 0.1) is 0 Å². The third-order valence-electron chi connectivity index (χ3n) is 4.43. The van der Waals surface area contributed by atoms with Crippen molar-refractivity contribution >= 4 is 5.91 Å². The highest BCUT2D eigenvalue weighted by molar-refractivity contribution is 5.75. The second-order valence-corrected chi connectivity index (χ2v) is 6.28. The van der Waals surface area contributed by atoms with Crippen LogP contribution in [0.25, 0.3) is 11.4 Å². The maximum Gasteiger partial charge on any atom is 0.241 e. The lowest BCUT2D eigenvalue weighted by Gasteiger charge is -2.25. The lowest BCUT2D eigenvalue weighted by molar-refractivity contribution is -0.119. The van der Waals surface area contributed by atoms with Crippen molar-refractivity contribution in [1.29, 1.82) is 0 Å². The van der Waals surface area contributed by atoms with Crippen molar-refractivity contribution in [3.05, 3.63) is 30.2 Å². The minimum atomic E-state index is -0.335. The number of aromatic nitrogens is 2. The number of benzene rings is 1. The maximum absolute atomic E-state index is 11.4. The molecule has 1 heterocycles. The highest BCUT2D eigenvalue weighted by Gasteiger charge is 2.25. The summed E-state index contributed by atoms with van der Waals surface area (Å²) in [6, 6.07) is 7.92. The van der Waals surface area contributed by atoms with Gasteiger partial charge in [0.05, 0.1) is 19.7 Å².